The maximum Gasteiger partial charge on any atom is 0.270 e. The Kier molecular flexibility index (Phi) is 5.87. The summed E-state index contributed by atoms with van der Waals surface area (Å²) in [5.41, 5.74) is 5.38. The lowest BCUT2D eigenvalue weighted by molar-refractivity contribution is 0.0950. The predicted molar refractivity (Wildman–Crippen MR) is 105 cm³/mol. The third kappa shape index (κ3) is 4.92. The molecule has 5 heteroatoms. The van der Waals surface area contributed by atoms with Crippen molar-refractivity contribution in [2.45, 2.75) is 46.0 Å². The van der Waals surface area contributed by atoms with Crippen LogP contribution in [0.4, 0.5) is 10.8 Å². The first-order chi connectivity index (χ1) is 12.1. The minimum absolute atomic E-state index is 0.0960. The van der Waals surface area contributed by atoms with Gasteiger partial charge in [0.1, 0.15) is 5.69 Å². The van der Waals surface area contributed by atoms with E-state index in [-0.39, 0.29) is 5.91 Å². The number of anilines is 2. The maximum atomic E-state index is 12.2. The fraction of sp³-hybridized carbons (Fsp3) is 0.400. The van der Waals surface area contributed by atoms with Crippen LogP contribution in [0, 0.1) is 13.8 Å². The highest BCUT2D eigenvalue weighted by molar-refractivity contribution is 7.14. The summed E-state index contributed by atoms with van der Waals surface area (Å²) in [5, 5.41) is 8.83. The van der Waals surface area contributed by atoms with E-state index in [0.29, 0.717) is 12.2 Å². The number of hydrogen-bond acceptors (Lipinski definition) is 4. The number of amides is 1. The fourth-order valence-corrected chi connectivity index (χ4v) is 3.77. The SMILES string of the molecule is Cc1ccc(Nc2nc(C(=O)NCCC3=CCCCC3)cs2)c(C)c1. The second-order valence-corrected chi connectivity index (χ2v) is 7.45. The van der Waals surface area contributed by atoms with Crippen molar-refractivity contribution < 1.29 is 4.79 Å². The molecule has 2 aromatic rings. The Morgan fingerprint density at radius 1 is 1.28 bits per heavy atom. The van der Waals surface area contributed by atoms with Crippen molar-refractivity contribution in [1.29, 1.82) is 0 Å². The fourth-order valence-electron chi connectivity index (χ4n) is 3.06. The molecule has 2 N–H and O–H groups in total. The minimum Gasteiger partial charge on any atom is -0.350 e. The van der Waals surface area contributed by atoms with Gasteiger partial charge in [0.2, 0.25) is 0 Å². The van der Waals surface area contributed by atoms with E-state index < -0.39 is 0 Å². The van der Waals surface area contributed by atoms with Crippen molar-refractivity contribution in [3.05, 3.63) is 52.0 Å². The molecule has 0 bridgehead atoms. The Balaban J connectivity index is 1.53. The molecular formula is C20H25N3OS. The zero-order chi connectivity index (χ0) is 17.6. The summed E-state index contributed by atoms with van der Waals surface area (Å²) in [7, 11) is 0. The summed E-state index contributed by atoms with van der Waals surface area (Å²) in [6.45, 7) is 4.82. The van der Waals surface area contributed by atoms with Crippen LogP contribution in [0.1, 0.15) is 53.7 Å². The van der Waals surface area contributed by atoms with Gasteiger partial charge < -0.3 is 10.6 Å². The summed E-state index contributed by atoms with van der Waals surface area (Å²) in [4.78, 5) is 16.7. The molecule has 0 aliphatic heterocycles. The average molecular weight is 356 g/mol. The molecule has 1 aromatic carbocycles. The zero-order valence-corrected chi connectivity index (χ0v) is 15.7. The first-order valence-corrected chi connectivity index (χ1v) is 9.76. The van der Waals surface area contributed by atoms with E-state index >= 15 is 0 Å². The van der Waals surface area contributed by atoms with Gasteiger partial charge in [-0.2, -0.15) is 0 Å². The molecule has 132 valence electrons. The van der Waals surface area contributed by atoms with E-state index in [4.69, 9.17) is 0 Å². The van der Waals surface area contributed by atoms with Crippen LogP contribution in [-0.4, -0.2) is 17.4 Å². The number of allylic oxidation sites excluding steroid dienone is 1. The van der Waals surface area contributed by atoms with E-state index in [0.717, 1.165) is 17.2 Å². The highest BCUT2D eigenvalue weighted by atomic mass is 32.1. The Morgan fingerprint density at radius 3 is 2.92 bits per heavy atom. The van der Waals surface area contributed by atoms with Crippen LogP contribution in [-0.2, 0) is 0 Å². The van der Waals surface area contributed by atoms with Gasteiger partial charge in [-0.25, -0.2) is 4.98 Å². The Labute approximate surface area is 153 Å². The van der Waals surface area contributed by atoms with Crippen LogP contribution >= 0.6 is 11.3 Å². The molecule has 1 aromatic heterocycles. The van der Waals surface area contributed by atoms with E-state index in [1.165, 1.54) is 53.7 Å². The van der Waals surface area contributed by atoms with Crippen molar-refractivity contribution in [3.63, 3.8) is 0 Å². The molecule has 4 nitrogen and oxygen atoms in total. The van der Waals surface area contributed by atoms with E-state index in [1.54, 1.807) is 5.38 Å². The zero-order valence-electron chi connectivity index (χ0n) is 14.9. The molecule has 1 aliphatic rings. The van der Waals surface area contributed by atoms with Gasteiger partial charge in [0.05, 0.1) is 0 Å². The monoisotopic (exact) mass is 355 g/mol. The van der Waals surface area contributed by atoms with Crippen molar-refractivity contribution in [2.75, 3.05) is 11.9 Å². The molecule has 3 rings (SSSR count). The van der Waals surface area contributed by atoms with Crippen LogP contribution in [0.3, 0.4) is 0 Å². The number of thiazole rings is 1. The van der Waals surface area contributed by atoms with Crippen LogP contribution in [0.15, 0.2) is 35.2 Å². The molecule has 25 heavy (non-hydrogen) atoms. The second-order valence-electron chi connectivity index (χ2n) is 6.60. The molecule has 0 atom stereocenters. The van der Waals surface area contributed by atoms with Gasteiger partial charge in [0, 0.05) is 17.6 Å². The van der Waals surface area contributed by atoms with Gasteiger partial charge in [-0.3, -0.25) is 4.79 Å². The molecule has 0 spiro atoms. The number of nitrogens with zero attached hydrogens (tertiary/aromatic N) is 1. The van der Waals surface area contributed by atoms with Gasteiger partial charge in [-0.15, -0.1) is 11.3 Å². The number of carbonyl (C=O) groups is 1. The minimum atomic E-state index is -0.0960. The molecule has 0 unspecified atom stereocenters. The summed E-state index contributed by atoms with van der Waals surface area (Å²) in [5.74, 6) is -0.0960. The smallest absolute Gasteiger partial charge is 0.270 e. The van der Waals surface area contributed by atoms with E-state index in [9.17, 15) is 4.79 Å². The van der Waals surface area contributed by atoms with E-state index in [2.05, 4.69) is 47.7 Å². The van der Waals surface area contributed by atoms with Crippen molar-refractivity contribution in [1.82, 2.24) is 10.3 Å². The normalized spacial score (nSPS) is 14.1. The number of carbonyl (C=O) groups excluding carboxylic acids is 1. The van der Waals surface area contributed by atoms with Gasteiger partial charge in [-0.1, -0.05) is 29.3 Å². The van der Waals surface area contributed by atoms with Crippen molar-refractivity contribution in [2.24, 2.45) is 0 Å². The van der Waals surface area contributed by atoms with Crippen molar-refractivity contribution >= 4 is 28.1 Å². The van der Waals surface area contributed by atoms with Crippen LogP contribution in [0.2, 0.25) is 0 Å². The third-order valence-corrected chi connectivity index (χ3v) is 5.23. The molecular weight excluding hydrogens is 330 g/mol. The first kappa shape index (κ1) is 17.7. The number of rotatable bonds is 6. The highest BCUT2D eigenvalue weighted by Crippen LogP contribution is 2.24. The van der Waals surface area contributed by atoms with Gasteiger partial charge in [0.15, 0.2) is 5.13 Å². The Bertz CT molecular complexity index is 779. The standard InChI is InChI=1S/C20H25N3OS/c1-14-8-9-17(15(2)12-14)22-20-23-18(13-25-20)19(24)21-11-10-16-6-4-3-5-7-16/h6,8-9,12-13H,3-5,7,10-11H2,1-2H3,(H,21,24)(H,22,23). The summed E-state index contributed by atoms with van der Waals surface area (Å²) >= 11 is 1.45. The quantitative estimate of drug-likeness (QED) is 0.707. The van der Waals surface area contributed by atoms with Crippen LogP contribution in [0.25, 0.3) is 0 Å². The number of aryl methyl sites for hydroxylation is 2. The first-order valence-electron chi connectivity index (χ1n) is 8.88. The molecule has 1 aliphatic carbocycles. The third-order valence-electron chi connectivity index (χ3n) is 4.48. The number of aromatic nitrogens is 1. The molecule has 0 saturated heterocycles. The van der Waals surface area contributed by atoms with Gasteiger partial charge in [0.25, 0.3) is 5.91 Å². The second kappa shape index (κ2) is 8.30. The highest BCUT2D eigenvalue weighted by Gasteiger charge is 2.12. The summed E-state index contributed by atoms with van der Waals surface area (Å²) < 4.78 is 0. The maximum absolute atomic E-state index is 12.2. The van der Waals surface area contributed by atoms with Crippen LogP contribution < -0.4 is 10.6 Å². The molecule has 1 heterocycles. The predicted octanol–water partition coefficient (Wildman–Crippen LogP) is 5.12. The topological polar surface area (TPSA) is 54.0 Å². The van der Waals surface area contributed by atoms with Gasteiger partial charge >= 0.3 is 0 Å². The van der Waals surface area contributed by atoms with E-state index in [1.807, 2.05) is 6.07 Å². The summed E-state index contributed by atoms with van der Waals surface area (Å²) in [6, 6.07) is 6.24. The largest absolute Gasteiger partial charge is 0.350 e. The lowest BCUT2D eigenvalue weighted by Gasteiger charge is -2.12. The lowest BCUT2D eigenvalue weighted by atomic mass is 9.97. The Hall–Kier alpha value is -2.14. The average Bonchev–Trinajstić information content (AvgIpc) is 3.07. The van der Waals surface area contributed by atoms with Crippen molar-refractivity contribution in [3.8, 4) is 0 Å². The van der Waals surface area contributed by atoms with Crippen LogP contribution in [0.5, 0.6) is 0 Å². The molecule has 1 amide bonds. The number of hydrogen-bond donors (Lipinski definition) is 2. The van der Waals surface area contributed by atoms with Gasteiger partial charge in [-0.05, 0) is 57.6 Å². The lowest BCUT2D eigenvalue weighted by Crippen LogP contribution is -2.25. The number of nitrogens with one attached hydrogen (secondary N) is 2. The Morgan fingerprint density at radius 2 is 2.16 bits per heavy atom. The summed E-state index contributed by atoms with van der Waals surface area (Å²) in [6.07, 6.45) is 8.21. The molecule has 0 radical (unpaired) electrons. The molecule has 0 fully saturated rings. The number of benzene rings is 1. The molecule has 0 saturated carbocycles.